The van der Waals surface area contributed by atoms with Gasteiger partial charge < -0.3 is 15.1 Å². The fourth-order valence-electron chi connectivity index (χ4n) is 3.12. The highest BCUT2D eigenvalue weighted by Crippen LogP contribution is 2.43. The van der Waals surface area contributed by atoms with Crippen molar-refractivity contribution in [3.8, 4) is 0 Å². The van der Waals surface area contributed by atoms with Gasteiger partial charge in [-0.3, -0.25) is 4.79 Å². The number of nitrogens with zero attached hydrogens (tertiary/aromatic N) is 2. The predicted molar refractivity (Wildman–Crippen MR) is 91.4 cm³/mol. The summed E-state index contributed by atoms with van der Waals surface area (Å²) >= 11 is 0. The first-order valence-corrected chi connectivity index (χ1v) is 8.34. The van der Waals surface area contributed by atoms with E-state index in [1.807, 2.05) is 0 Å². The van der Waals surface area contributed by atoms with Crippen LogP contribution < -0.4 is 10.6 Å². The van der Waals surface area contributed by atoms with Crippen LogP contribution in [0.15, 0.2) is 53.1 Å². The minimum Gasteiger partial charge on any atom is -0.467 e. The summed E-state index contributed by atoms with van der Waals surface area (Å²) in [6, 6.07) is 6.91. The number of anilines is 2. The molecular formula is C18H14F4N4O2. The fraction of sp³-hybridized carbons (Fsp3) is 0.222. The molecule has 3 heterocycles. The highest BCUT2D eigenvalue weighted by Gasteiger charge is 2.47. The van der Waals surface area contributed by atoms with Crippen molar-refractivity contribution < 1.29 is 26.8 Å². The summed E-state index contributed by atoms with van der Waals surface area (Å²) < 4.78 is 59.9. The van der Waals surface area contributed by atoms with Crippen molar-refractivity contribution in [2.75, 3.05) is 10.6 Å². The van der Waals surface area contributed by atoms with Crippen molar-refractivity contribution in [3.05, 3.63) is 66.0 Å². The predicted octanol–water partition coefficient (Wildman–Crippen LogP) is 4.53. The molecule has 4 rings (SSSR count). The third-order valence-corrected chi connectivity index (χ3v) is 4.39. The highest BCUT2D eigenvalue weighted by atomic mass is 19.4. The molecule has 1 aromatic carbocycles. The van der Waals surface area contributed by atoms with Crippen LogP contribution in [0.1, 0.15) is 34.8 Å². The van der Waals surface area contributed by atoms with E-state index in [1.54, 1.807) is 12.1 Å². The molecule has 10 heteroatoms. The molecule has 1 aliphatic rings. The topological polar surface area (TPSA) is 72.1 Å². The lowest BCUT2D eigenvalue weighted by molar-refractivity contribution is -0.174. The zero-order valence-electron chi connectivity index (χ0n) is 14.2. The Morgan fingerprint density at radius 2 is 2.07 bits per heavy atom. The molecule has 1 amide bonds. The molecule has 2 atom stereocenters. The van der Waals surface area contributed by atoms with Crippen molar-refractivity contribution in [2.24, 2.45) is 0 Å². The highest BCUT2D eigenvalue weighted by molar-refractivity contribution is 6.03. The summed E-state index contributed by atoms with van der Waals surface area (Å²) in [6.45, 7) is 0. The number of hydrogen-bond acceptors (Lipinski definition) is 4. The number of rotatable bonds is 3. The molecule has 0 saturated heterocycles. The molecule has 0 saturated carbocycles. The van der Waals surface area contributed by atoms with Crippen LogP contribution in [-0.4, -0.2) is 21.9 Å². The molecule has 0 aliphatic carbocycles. The van der Waals surface area contributed by atoms with Gasteiger partial charge in [0.2, 0.25) is 0 Å². The molecule has 2 aromatic heterocycles. The molecule has 0 fully saturated rings. The van der Waals surface area contributed by atoms with Gasteiger partial charge >= 0.3 is 6.18 Å². The third kappa shape index (κ3) is 3.45. The van der Waals surface area contributed by atoms with E-state index in [0.29, 0.717) is 5.76 Å². The molecule has 0 unspecified atom stereocenters. The van der Waals surface area contributed by atoms with Crippen molar-refractivity contribution in [1.29, 1.82) is 0 Å². The lowest BCUT2D eigenvalue weighted by Gasteiger charge is -2.32. The van der Waals surface area contributed by atoms with Crippen LogP contribution in [0.5, 0.6) is 0 Å². The van der Waals surface area contributed by atoms with Gasteiger partial charge in [0, 0.05) is 18.2 Å². The van der Waals surface area contributed by atoms with Crippen molar-refractivity contribution >= 4 is 17.4 Å². The summed E-state index contributed by atoms with van der Waals surface area (Å²) in [7, 11) is 0. The van der Waals surface area contributed by atoms with E-state index in [-0.39, 0.29) is 23.6 Å². The molecule has 2 N–H and O–H groups in total. The van der Waals surface area contributed by atoms with Crippen molar-refractivity contribution in [3.63, 3.8) is 0 Å². The second-order valence-electron chi connectivity index (χ2n) is 6.33. The number of hydrogen-bond donors (Lipinski definition) is 2. The van der Waals surface area contributed by atoms with Gasteiger partial charge in [-0.2, -0.15) is 18.3 Å². The fourth-order valence-corrected chi connectivity index (χ4v) is 3.12. The number of furan rings is 1. The smallest absolute Gasteiger partial charge is 0.410 e. The number of carbonyl (C=O) groups excluding carboxylic acids is 1. The Bertz CT molecular complexity index is 997. The minimum atomic E-state index is -4.57. The van der Waals surface area contributed by atoms with E-state index in [4.69, 9.17) is 4.42 Å². The van der Waals surface area contributed by atoms with E-state index in [2.05, 4.69) is 15.7 Å². The van der Waals surface area contributed by atoms with Crippen molar-refractivity contribution in [2.45, 2.75) is 24.7 Å². The Morgan fingerprint density at radius 1 is 1.25 bits per heavy atom. The number of fused-ring (bicyclic) bond motifs is 1. The maximum absolute atomic E-state index is 13.6. The molecule has 6 nitrogen and oxygen atoms in total. The number of amides is 1. The number of carbonyl (C=O) groups is 1. The minimum absolute atomic E-state index is 0.0411. The van der Waals surface area contributed by atoms with Crippen LogP contribution in [0, 0.1) is 5.82 Å². The molecule has 0 spiro atoms. The lowest BCUT2D eigenvalue weighted by atomic mass is 10.0. The first-order chi connectivity index (χ1) is 13.3. The van der Waals surface area contributed by atoms with Crippen LogP contribution in [0.2, 0.25) is 0 Å². The molecule has 28 heavy (non-hydrogen) atoms. The van der Waals surface area contributed by atoms with E-state index in [9.17, 15) is 22.4 Å². The van der Waals surface area contributed by atoms with Gasteiger partial charge in [-0.15, -0.1) is 0 Å². The standard InChI is InChI=1S/C18H14F4N4O2/c19-10-3-1-4-11(7-10)23-17(27)13-9-16-24-12(14-5-2-6-28-14)8-15(18(20,21)22)26(16)25-13/h1-7,9,12,15,24H,8H2,(H,23,27)/t12-,15-/m1/s1. The molecular weight excluding hydrogens is 380 g/mol. The molecule has 1 aliphatic heterocycles. The Labute approximate surface area is 156 Å². The van der Waals surface area contributed by atoms with Gasteiger partial charge in [0.25, 0.3) is 5.91 Å². The summed E-state index contributed by atoms with van der Waals surface area (Å²) in [5.74, 6) is -0.904. The van der Waals surface area contributed by atoms with Gasteiger partial charge in [0.15, 0.2) is 11.7 Å². The number of nitrogens with one attached hydrogen (secondary N) is 2. The Kier molecular flexibility index (Phi) is 4.33. The summed E-state index contributed by atoms with van der Waals surface area (Å²) in [6.07, 6.45) is -3.52. The Hall–Kier alpha value is -3.30. The third-order valence-electron chi connectivity index (χ3n) is 4.39. The Balaban J connectivity index is 1.64. The number of aromatic nitrogens is 2. The largest absolute Gasteiger partial charge is 0.467 e. The van der Waals surface area contributed by atoms with E-state index in [0.717, 1.165) is 10.7 Å². The average Bonchev–Trinajstić information content (AvgIpc) is 3.29. The molecule has 146 valence electrons. The first-order valence-electron chi connectivity index (χ1n) is 8.34. The molecule has 3 aromatic rings. The summed E-state index contributed by atoms with van der Waals surface area (Å²) in [5.41, 5.74) is -0.0501. The van der Waals surface area contributed by atoms with Crippen LogP contribution in [0.4, 0.5) is 29.1 Å². The van der Waals surface area contributed by atoms with Gasteiger partial charge in [-0.25, -0.2) is 9.07 Å². The number of alkyl halides is 3. The van der Waals surface area contributed by atoms with Crippen LogP contribution >= 0.6 is 0 Å². The second-order valence-corrected chi connectivity index (χ2v) is 6.33. The van der Waals surface area contributed by atoms with Gasteiger partial charge in [-0.1, -0.05) is 6.07 Å². The normalized spacial score (nSPS) is 19.0. The first kappa shape index (κ1) is 18.1. The summed E-state index contributed by atoms with van der Waals surface area (Å²) in [5, 5.41) is 9.17. The number of benzene rings is 1. The van der Waals surface area contributed by atoms with Gasteiger partial charge in [0.05, 0.1) is 12.3 Å². The lowest BCUT2D eigenvalue weighted by Crippen LogP contribution is -2.35. The molecule has 0 bridgehead atoms. The number of halogens is 4. The summed E-state index contributed by atoms with van der Waals surface area (Å²) in [4.78, 5) is 12.4. The SMILES string of the molecule is O=C(Nc1cccc(F)c1)c1cc2n(n1)[C@@H](C(F)(F)F)C[C@H](c1ccco1)N2. The monoisotopic (exact) mass is 394 g/mol. The Morgan fingerprint density at radius 3 is 2.75 bits per heavy atom. The zero-order chi connectivity index (χ0) is 19.9. The van der Waals surface area contributed by atoms with E-state index >= 15 is 0 Å². The molecule has 0 radical (unpaired) electrons. The van der Waals surface area contributed by atoms with Crippen LogP contribution in [0.3, 0.4) is 0 Å². The quantitative estimate of drug-likeness (QED) is 0.641. The van der Waals surface area contributed by atoms with E-state index in [1.165, 1.54) is 30.5 Å². The van der Waals surface area contributed by atoms with Gasteiger partial charge in [0.1, 0.15) is 17.4 Å². The average molecular weight is 394 g/mol. The maximum Gasteiger partial charge on any atom is 0.410 e. The second kappa shape index (κ2) is 6.70. The van der Waals surface area contributed by atoms with Crippen LogP contribution in [-0.2, 0) is 0 Å². The van der Waals surface area contributed by atoms with Crippen LogP contribution in [0.25, 0.3) is 0 Å². The van der Waals surface area contributed by atoms with Crippen molar-refractivity contribution in [1.82, 2.24) is 9.78 Å². The zero-order valence-corrected chi connectivity index (χ0v) is 14.2. The van der Waals surface area contributed by atoms with Gasteiger partial charge in [-0.05, 0) is 30.3 Å². The maximum atomic E-state index is 13.6. The van der Waals surface area contributed by atoms with E-state index < -0.39 is 30.0 Å².